The average molecular weight is 378 g/mol. The first-order valence-corrected chi connectivity index (χ1v) is 9.06. The highest BCUT2D eigenvalue weighted by atomic mass is 16.7. The van der Waals surface area contributed by atoms with E-state index in [4.69, 9.17) is 14.2 Å². The molecular weight excluding hydrogens is 356 g/mol. The Morgan fingerprint density at radius 1 is 1.32 bits per heavy atom. The standard InChI is InChI=1S/C22H22N2O4/c1-4-14(2)16-5-7-18(8-6-16)24-22(25)17(12-23)9-15-10-19(26-3)21-20(11-15)27-13-28-21/h5-11,14H,4,13H2,1-3H3,(H,24,25)/b17-9+. The number of hydrogen-bond donors (Lipinski definition) is 1. The zero-order chi connectivity index (χ0) is 20.1. The van der Waals surface area contributed by atoms with Crippen molar-refractivity contribution in [3.63, 3.8) is 0 Å². The number of nitrogens with zero attached hydrogens (tertiary/aromatic N) is 1. The molecule has 2 aromatic rings. The number of anilines is 1. The van der Waals surface area contributed by atoms with Gasteiger partial charge >= 0.3 is 0 Å². The minimum atomic E-state index is -0.476. The molecule has 0 saturated heterocycles. The van der Waals surface area contributed by atoms with Crippen LogP contribution in [0.5, 0.6) is 17.2 Å². The number of methoxy groups -OCH3 is 1. The largest absolute Gasteiger partial charge is 0.493 e. The Kier molecular flexibility index (Phi) is 5.85. The molecule has 1 aliphatic rings. The van der Waals surface area contributed by atoms with Crippen LogP contribution in [0.4, 0.5) is 5.69 Å². The number of benzene rings is 2. The number of nitriles is 1. The fraction of sp³-hybridized carbons (Fsp3) is 0.273. The van der Waals surface area contributed by atoms with E-state index in [-0.39, 0.29) is 12.4 Å². The van der Waals surface area contributed by atoms with Gasteiger partial charge < -0.3 is 19.5 Å². The number of hydrogen-bond acceptors (Lipinski definition) is 5. The van der Waals surface area contributed by atoms with Crippen LogP contribution in [0.15, 0.2) is 42.0 Å². The molecule has 144 valence electrons. The molecule has 3 rings (SSSR count). The number of rotatable bonds is 6. The summed E-state index contributed by atoms with van der Waals surface area (Å²) in [5.74, 6) is 1.50. The second-order valence-electron chi connectivity index (χ2n) is 6.51. The van der Waals surface area contributed by atoms with Crippen LogP contribution < -0.4 is 19.5 Å². The van der Waals surface area contributed by atoms with Crippen LogP contribution in [0.1, 0.15) is 37.3 Å². The molecule has 1 unspecified atom stereocenters. The Labute approximate surface area is 164 Å². The van der Waals surface area contributed by atoms with Crippen LogP contribution in [0.2, 0.25) is 0 Å². The van der Waals surface area contributed by atoms with Gasteiger partial charge in [-0.05, 0) is 53.8 Å². The Balaban J connectivity index is 1.79. The minimum Gasteiger partial charge on any atom is -0.493 e. The molecule has 0 fully saturated rings. The summed E-state index contributed by atoms with van der Waals surface area (Å²) in [7, 11) is 1.52. The van der Waals surface area contributed by atoms with Crippen molar-refractivity contribution in [2.75, 3.05) is 19.2 Å². The predicted molar refractivity (Wildman–Crippen MR) is 106 cm³/mol. The van der Waals surface area contributed by atoms with Gasteiger partial charge in [0.2, 0.25) is 12.5 Å². The van der Waals surface area contributed by atoms with Crippen LogP contribution in [0, 0.1) is 11.3 Å². The van der Waals surface area contributed by atoms with E-state index in [1.54, 1.807) is 12.1 Å². The monoisotopic (exact) mass is 378 g/mol. The Morgan fingerprint density at radius 2 is 2.07 bits per heavy atom. The molecule has 0 aromatic heterocycles. The van der Waals surface area contributed by atoms with Crippen molar-refractivity contribution in [3.05, 3.63) is 53.1 Å². The first-order chi connectivity index (χ1) is 13.5. The van der Waals surface area contributed by atoms with Gasteiger partial charge in [0.15, 0.2) is 11.5 Å². The van der Waals surface area contributed by atoms with Gasteiger partial charge in [-0.3, -0.25) is 4.79 Å². The molecule has 6 heteroatoms. The van der Waals surface area contributed by atoms with E-state index < -0.39 is 5.91 Å². The summed E-state index contributed by atoms with van der Waals surface area (Å²) in [5.41, 5.74) is 2.44. The van der Waals surface area contributed by atoms with Gasteiger partial charge in [-0.25, -0.2) is 0 Å². The van der Waals surface area contributed by atoms with Crippen molar-refractivity contribution in [2.24, 2.45) is 0 Å². The zero-order valence-corrected chi connectivity index (χ0v) is 16.1. The van der Waals surface area contributed by atoms with Gasteiger partial charge in [0.05, 0.1) is 7.11 Å². The second-order valence-corrected chi connectivity index (χ2v) is 6.51. The number of fused-ring (bicyclic) bond motifs is 1. The molecule has 0 saturated carbocycles. The van der Waals surface area contributed by atoms with E-state index in [1.165, 1.54) is 18.7 Å². The molecule has 1 heterocycles. The molecule has 0 bridgehead atoms. The zero-order valence-electron chi connectivity index (χ0n) is 16.1. The van der Waals surface area contributed by atoms with E-state index in [1.807, 2.05) is 30.3 Å². The lowest BCUT2D eigenvalue weighted by Gasteiger charge is -2.10. The average Bonchev–Trinajstić information content (AvgIpc) is 3.19. The molecule has 0 radical (unpaired) electrons. The highest BCUT2D eigenvalue weighted by Gasteiger charge is 2.20. The lowest BCUT2D eigenvalue weighted by Crippen LogP contribution is -2.13. The smallest absolute Gasteiger partial charge is 0.266 e. The molecule has 1 atom stereocenters. The molecule has 1 amide bonds. The quantitative estimate of drug-likeness (QED) is 0.592. The molecule has 1 N–H and O–H groups in total. The van der Waals surface area contributed by atoms with Crippen molar-refractivity contribution in [1.82, 2.24) is 0 Å². The fourth-order valence-corrected chi connectivity index (χ4v) is 2.88. The van der Waals surface area contributed by atoms with Crippen LogP contribution in [0.3, 0.4) is 0 Å². The first kappa shape index (κ1) is 19.3. The van der Waals surface area contributed by atoms with Crippen molar-refractivity contribution in [3.8, 4) is 23.3 Å². The lowest BCUT2D eigenvalue weighted by atomic mass is 9.98. The first-order valence-electron chi connectivity index (χ1n) is 9.06. The van der Waals surface area contributed by atoms with Crippen molar-refractivity contribution >= 4 is 17.7 Å². The van der Waals surface area contributed by atoms with Crippen LogP contribution in [-0.4, -0.2) is 19.8 Å². The third-order valence-corrected chi connectivity index (χ3v) is 4.71. The molecular formula is C22H22N2O4. The van der Waals surface area contributed by atoms with Gasteiger partial charge in [0.25, 0.3) is 5.91 Å². The van der Waals surface area contributed by atoms with Gasteiger partial charge in [-0.1, -0.05) is 26.0 Å². The summed E-state index contributed by atoms with van der Waals surface area (Å²) in [6.45, 7) is 4.40. The third kappa shape index (κ3) is 4.09. The minimum absolute atomic E-state index is 0.0214. The molecule has 1 aliphatic heterocycles. The number of carbonyl (C=O) groups is 1. The predicted octanol–water partition coefficient (Wildman–Crippen LogP) is 4.48. The van der Waals surface area contributed by atoms with Crippen LogP contribution in [0.25, 0.3) is 6.08 Å². The number of carbonyl (C=O) groups excluding carboxylic acids is 1. The molecule has 0 aliphatic carbocycles. The van der Waals surface area contributed by atoms with Gasteiger partial charge in [0.1, 0.15) is 11.6 Å². The number of ether oxygens (including phenoxy) is 3. The number of nitrogens with one attached hydrogen (secondary N) is 1. The van der Waals surface area contributed by atoms with Crippen molar-refractivity contribution < 1.29 is 19.0 Å². The maximum Gasteiger partial charge on any atom is 0.266 e. The van der Waals surface area contributed by atoms with E-state index in [9.17, 15) is 10.1 Å². The highest BCUT2D eigenvalue weighted by molar-refractivity contribution is 6.09. The van der Waals surface area contributed by atoms with E-state index in [0.717, 1.165) is 6.42 Å². The molecule has 0 spiro atoms. The van der Waals surface area contributed by atoms with E-state index >= 15 is 0 Å². The molecule has 28 heavy (non-hydrogen) atoms. The SMILES string of the molecule is CCC(C)c1ccc(NC(=O)/C(C#N)=C/c2cc(OC)c3c(c2)OCO3)cc1. The fourth-order valence-electron chi connectivity index (χ4n) is 2.88. The van der Waals surface area contributed by atoms with E-state index in [0.29, 0.717) is 34.4 Å². The maximum atomic E-state index is 12.5. The van der Waals surface area contributed by atoms with Gasteiger partial charge in [-0.2, -0.15) is 5.26 Å². The molecule has 6 nitrogen and oxygen atoms in total. The van der Waals surface area contributed by atoms with Crippen LogP contribution >= 0.6 is 0 Å². The van der Waals surface area contributed by atoms with Crippen molar-refractivity contribution in [2.45, 2.75) is 26.2 Å². The Morgan fingerprint density at radius 3 is 2.71 bits per heavy atom. The Hall–Kier alpha value is -3.46. The van der Waals surface area contributed by atoms with Crippen molar-refractivity contribution in [1.29, 1.82) is 5.26 Å². The highest BCUT2D eigenvalue weighted by Crippen LogP contribution is 2.42. The van der Waals surface area contributed by atoms with Crippen LogP contribution in [-0.2, 0) is 4.79 Å². The summed E-state index contributed by atoms with van der Waals surface area (Å²) in [6, 6.07) is 13.0. The van der Waals surface area contributed by atoms with E-state index in [2.05, 4.69) is 19.2 Å². The normalized spacial score (nSPS) is 13.6. The second kappa shape index (κ2) is 8.49. The van der Waals surface area contributed by atoms with Gasteiger partial charge in [0, 0.05) is 5.69 Å². The maximum absolute atomic E-state index is 12.5. The third-order valence-electron chi connectivity index (χ3n) is 4.71. The lowest BCUT2D eigenvalue weighted by molar-refractivity contribution is -0.112. The topological polar surface area (TPSA) is 80.6 Å². The molecule has 2 aromatic carbocycles. The Bertz CT molecular complexity index is 942. The summed E-state index contributed by atoms with van der Waals surface area (Å²) >= 11 is 0. The summed E-state index contributed by atoms with van der Waals surface area (Å²) in [6.07, 6.45) is 2.54. The summed E-state index contributed by atoms with van der Waals surface area (Å²) < 4.78 is 16.0. The number of amides is 1. The summed E-state index contributed by atoms with van der Waals surface area (Å²) in [5, 5.41) is 12.2. The summed E-state index contributed by atoms with van der Waals surface area (Å²) in [4.78, 5) is 12.5. The van der Waals surface area contributed by atoms with Gasteiger partial charge in [-0.15, -0.1) is 0 Å².